The van der Waals surface area contributed by atoms with Gasteiger partial charge in [-0.15, -0.1) is 0 Å². The fourth-order valence-electron chi connectivity index (χ4n) is 4.98. The van der Waals surface area contributed by atoms with Crippen molar-refractivity contribution in [3.8, 4) is 0 Å². The topological polar surface area (TPSA) is 107 Å². The molecule has 1 fully saturated rings. The lowest BCUT2D eigenvalue weighted by atomic mass is 9.60. The molecule has 4 rings (SSSR count). The van der Waals surface area contributed by atoms with Gasteiger partial charge in [-0.1, -0.05) is 91.0 Å². The first-order chi connectivity index (χ1) is 14.9. The number of aliphatic hydroxyl groups is 1. The van der Waals surface area contributed by atoms with E-state index in [2.05, 4.69) is 0 Å². The van der Waals surface area contributed by atoms with Crippen LogP contribution in [0.5, 0.6) is 0 Å². The maximum atomic E-state index is 12.4. The van der Waals surface area contributed by atoms with E-state index in [0.29, 0.717) is 16.7 Å². The van der Waals surface area contributed by atoms with E-state index in [1.54, 1.807) is 84.9 Å². The van der Waals surface area contributed by atoms with Crippen LogP contribution in [-0.4, -0.2) is 27.0 Å². The molecule has 7 nitrogen and oxygen atoms in total. The number of hydrogen-bond donors (Lipinski definition) is 1. The maximum Gasteiger partial charge on any atom is 0.258 e. The van der Waals surface area contributed by atoms with E-state index in [0.717, 1.165) is 0 Å². The van der Waals surface area contributed by atoms with E-state index >= 15 is 0 Å². The van der Waals surface area contributed by atoms with Crippen molar-refractivity contribution in [3.05, 3.63) is 128 Å². The zero-order valence-electron chi connectivity index (χ0n) is 16.7. The van der Waals surface area contributed by atoms with Crippen LogP contribution in [0.4, 0.5) is 0 Å². The molecule has 0 aliphatic heterocycles. The molecule has 0 bridgehead atoms. The summed E-state index contributed by atoms with van der Waals surface area (Å²) in [4.78, 5) is 23.7. The van der Waals surface area contributed by atoms with Crippen molar-refractivity contribution in [2.75, 3.05) is 0 Å². The van der Waals surface area contributed by atoms with Gasteiger partial charge >= 0.3 is 0 Å². The molecule has 3 aromatic rings. The van der Waals surface area contributed by atoms with Gasteiger partial charge in [-0.25, -0.2) is 0 Å². The first-order valence-corrected chi connectivity index (χ1v) is 10.1. The third-order valence-corrected chi connectivity index (χ3v) is 6.30. The summed E-state index contributed by atoms with van der Waals surface area (Å²) in [5.41, 5.74) is -0.333. The van der Waals surface area contributed by atoms with Crippen molar-refractivity contribution in [1.29, 1.82) is 0 Å². The molecule has 3 aromatic carbocycles. The minimum absolute atomic E-state index is 0.123. The number of hydrogen-bond acceptors (Lipinski definition) is 5. The zero-order chi connectivity index (χ0) is 22.0. The van der Waals surface area contributed by atoms with Crippen LogP contribution in [0.2, 0.25) is 0 Å². The maximum absolute atomic E-state index is 12.4. The predicted molar refractivity (Wildman–Crippen MR) is 115 cm³/mol. The molecule has 0 aromatic heterocycles. The summed E-state index contributed by atoms with van der Waals surface area (Å²) in [7, 11) is 0. The lowest BCUT2D eigenvalue weighted by Gasteiger charge is -2.44. The van der Waals surface area contributed by atoms with Crippen molar-refractivity contribution in [1.82, 2.24) is 0 Å². The van der Waals surface area contributed by atoms with Crippen LogP contribution < -0.4 is 0 Å². The SMILES string of the molecule is O=[N+]([O-])[C@H]1[C@@H](c2ccccc2)[C@H]([N+](=O)[O-])[C@@](O)(c2ccccc2)C[C@H]1c1ccccc1. The van der Waals surface area contributed by atoms with Gasteiger partial charge in [0.05, 0.1) is 5.92 Å². The minimum atomic E-state index is -1.88. The van der Waals surface area contributed by atoms with Crippen molar-refractivity contribution in [2.24, 2.45) is 0 Å². The second kappa shape index (κ2) is 8.28. The highest BCUT2D eigenvalue weighted by molar-refractivity contribution is 5.36. The van der Waals surface area contributed by atoms with Gasteiger partial charge in [0.2, 0.25) is 6.04 Å². The number of nitrogens with zero attached hydrogens (tertiary/aromatic N) is 2. The Morgan fingerprint density at radius 3 is 1.71 bits per heavy atom. The molecule has 1 N–H and O–H groups in total. The first-order valence-electron chi connectivity index (χ1n) is 10.1. The van der Waals surface area contributed by atoms with Crippen LogP contribution in [0.25, 0.3) is 0 Å². The molecule has 158 valence electrons. The summed E-state index contributed by atoms with van der Waals surface area (Å²) in [6.45, 7) is 0. The summed E-state index contributed by atoms with van der Waals surface area (Å²) in [5.74, 6) is -1.82. The van der Waals surface area contributed by atoms with Crippen LogP contribution in [0.15, 0.2) is 91.0 Å². The van der Waals surface area contributed by atoms with Crippen LogP contribution in [0.1, 0.15) is 34.9 Å². The molecule has 1 saturated carbocycles. The molecule has 0 heterocycles. The summed E-state index contributed by atoms with van der Waals surface area (Å²) in [5, 5.41) is 36.6. The summed E-state index contributed by atoms with van der Waals surface area (Å²) < 4.78 is 0. The van der Waals surface area contributed by atoms with Crippen molar-refractivity contribution >= 4 is 0 Å². The average Bonchev–Trinajstić information content (AvgIpc) is 2.79. The largest absolute Gasteiger partial charge is 0.378 e. The van der Waals surface area contributed by atoms with Gasteiger partial charge in [-0.2, -0.15) is 0 Å². The summed E-state index contributed by atoms with van der Waals surface area (Å²) >= 11 is 0. The number of benzene rings is 3. The molecule has 1 aliphatic rings. The Morgan fingerprint density at radius 1 is 0.742 bits per heavy atom. The minimum Gasteiger partial charge on any atom is -0.378 e. The Morgan fingerprint density at radius 2 is 1.23 bits per heavy atom. The fraction of sp³-hybridized carbons (Fsp3) is 0.250. The third-order valence-electron chi connectivity index (χ3n) is 6.30. The molecule has 0 spiro atoms. The van der Waals surface area contributed by atoms with E-state index in [-0.39, 0.29) is 6.42 Å². The average molecular weight is 418 g/mol. The molecule has 5 atom stereocenters. The molecule has 7 heteroatoms. The van der Waals surface area contributed by atoms with E-state index < -0.39 is 39.4 Å². The molecule has 0 unspecified atom stereocenters. The van der Waals surface area contributed by atoms with Gasteiger partial charge < -0.3 is 5.11 Å². The normalized spacial score (nSPS) is 28.0. The lowest BCUT2D eigenvalue weighted by molar-refractivity contribution is -0.595. The quantitative estimate of drug-likeness (QED) is 0.495. The van der Waals surface area contributed by atoms with Gasteiger partial charge in [0.25, 0.3) is 6.04 Å². The highest BCUT2D eigenvalue weighted by Gasteiger charge is 2.64. The molecule has 0 amide bonds. The van der Waals surface area contributed by atoms with Crippen LogP contribution in [0.3, 0.4) is 0 Å². The van der Waals surface area contributed by atoms with Gasteiger partial charge in [0.15, 0.2) is 5.60 Å². The van der Waals surface area contributed by atoms with Gasteiger partial charge in [0, 0.05) is 16.3 Å². The van der Waals surface area contributed by atoms with E-state index in [4.69, 9.17) is 0 Å². The van der Waals surface area contributed by atoms with E-state index in [1.165, 1.54) is 0 Å². The standard InChI is InChI=1S/C24H22N2O5/c27-24(19-14-8-3-9-15-19)16-20(17-10-4-1-5-11-17)22(25(28)29)21(23(24)26(30)31)18-12-6-2-7-13-18/h1-15,20-23,27H,16H2/t20-,21+,22+,23-,24-/m0/s1. The summed E-state index contributed by atoms with van der Waals surface area (Å²) in [6, 6.07) is 23.1. The second-order valence-electron chi connectivity index (χ2n) is 7.95. The Bertz CT molecular complexity index is 1060. The zero-order valence-corrected chi connectivity index (χ0v) is 16.7. The Kier molecular flexibility index (Phi) is 5.52. The molecule has 1 aliphatic carbocycles. The van der Waals surface area contributed by atoms with Gasteiger partial charge in [-0.05, 0) is 16.7 Å². The fourth-order valence-corrected chi connectivity index (χ4v) is 4.98. The van der Waals surface area contributed by atoms with Gasteiger partial charge in [-0.3, -0.25) is 20.2 Å². The van der Waals surface area contributed by atoms with Crippen molar-refractivity contribution in [3.63, 3.8) is 0 Å². The van der Waals surface area contributed by atoms with Gasteiger partial charge in [0.1, 0.15) is 5.92 Å². The monoisotopic (exact) mass is 418 g/mol. The highest BCUT2D eigenvalue weighted by Crippen LogP contribution is 2.52. The van der Waals surface area contributed by atoms with E-state index in [9.17, 15) is 25.3 Å². The molecule has 31 heavy (non-hydrogen) atoms. The molecule has 0 saturated heterocycles. The molecular formula is C24H22N2O5. The smallest absolute Gasteiger partial charge is 0.258 e. The number of nitro groups is 2. The predicted octanol–water partition coefficient (Wildman–Crippen LogP) is 4.14. The van der Waals surface area contributed by atoms with Crippen LogP contribution in [0, 0.1) is 20.2 Å². The second-order valence-corrected chi connectivity index (χ2v) is 7.95. The summed E-state index contributed by atoms with van der Waals surface area (Å²) in [6.07, 6.45) is -0.123. The third kappa shape index (κ3) is 3.68. The van der Waals surface area contributed by atoms with Crippen LogP contribution in [-0.2, 0) is 5.60 Å². The Hall–Kier alpha value is -3.58. The van der Waals surface area contributed by atoms with Crippen LogP contribution >= 0.6 is 0 Å². The Balaban J connectivity index is 1.98. The lowest BCUT2D eigenvalue weighted by Crippen LogP contribution is -2.59. The Labute approximate surface area is 179 Å². The first kappa shape index (κ1) is 20.7. The molecule has 0 radical (unpaired) electrons. The molecular weight excluding hydrogens is 396 g/mol. The van der Waals surface area contributed by atoms with Crippen molar-refractivity contribution < 1.29 is 15.0 Å². The van der Waals surface area contributed by atoms with E-state index in [1.807, 2.05) is 6.07 Å². The number of rotatable bonds is 5. The van der Waals surface area contributed by atoms with Crippen molar-refractivity contribution in [2.45, 2.75) is 35.9 Å². The highest BCUT2D eigenvalue weighted by atomic mass is 16.6.